The van der Waals surface area contributed by atoms with Crippen LogP contribution >= 0.6 is 0 Å². The first kappa shape index (κ1) is 22.4. The molecule has 0 fully saturated rings. The van der Waals surface area contributed by atoms with Crippen LogP contribution in [0.25, 0.3) is 0 Å². The second kappa shape index (κ2) is 10.3. The summed E-state index contributed by atoms with van der Waals surface area (Å²) in [7, 11) is -4.98. The molecule has 0 aromatic carbocycles. The van der Waals surface area contributed by atoms with Crippen LogP contribution in [0.5, 0.6) is 0 Å². The maximum Gasteiger partial charge on any atom is 0.267 e. The van der Waals surface area contributed by atoms with Gasteiger partial charge in [-0.1, -0.05) is 12.8 Å². The van der Waals surface area contributed by atoms with Crippen molar-refractivity contribution < 1.29 is 43.7 Å². The zero-order valence-corrected chi connectivity index (χ0v) is 12.8. The van der Waals surface area contributed by atoms with Crippen LogP contribution in [0.3, 0.4) is 0 Å². The third-order valence-electron chi connectivity index (χ3n) is 3.09. The second-order valence-corrected chi connectivity index (χ2v) is 6.59. The fourth-order valence-electron chi connectivity index (χ4n) is 1.81. The van der Waals surface area contributed by atoms with Crippen LogP contribution in [-0.2, 0) is 10.1 Å². The van der Waals surface area contributed by atoms with Gasteiger partial charge in [0.05, 0.1) is 6.67 Å². The van der Waals surface area contributed by atoms with E-state index in [1.54, 1.807) is 0 Å². The van der Waals surface area contributed by atoms with Crippen LogP contribution in [0.1, 0.15) is 25.7 Å². The Hall–Kier alpha value is -0.580. The van der Waals surface area contributed by atoms with Gasteiger partial charge < -0.3 is 0 Å². The monoisotopic (exact) mass is 376 g/mol. The van der Waals surface area contributed by atoms with E-state index in [2.05, 4.69) is 0 Å². The summed E-state index contributed by atoms with van der Waals surface area (Å²) in [4.78, 5) is 0. The van der Waals surface area contributed by atoms with Crippen molar-refractivity contribution in [1.82, 2.24) is 0 Å². The van der Waals surface area contributed by atoms with E-state index in [1.807, 2.05) is 0 Å². The van der Waals surface area contributed by atoms with Crippen molar-refractivity contribution in [1.29, 1.82) is 0 Å². The number of alkyl halides is 7. The molecule has 0 radical (unpaired) electrons. The summed E-state index contributed by atoms with van der Waals surface area (Å²) in [5.74, 6) is -1.83. The Balaban J connectivity index is 4.51. The van der Waals surface area contributed by atoms with Gasteiger partial charge in [-0.3, -0.25) is 8.94 Å². The van der Waals surface area contributed by atoms with Crippen molar-refractivity contribution in [2.24, 2.45) is 0 Å². The smallest absolute Gasteiger partial charge is 0.267 e. The minimum absolute atomic E-state index is 0.00270. The molecule has 0 saturated heterocycles. The first-order valence-corrected chi connectivity index (χ1v) is 8.47. The Morgan fingerprint density at radius 3 is 1.65 bits per heavy atom. The molecule has 0 aliphatic heterocycles. The molecule has 23 heavy (non-hydrogen) atoms. The van der Waals surface area contributed by atoms with Crippen LogP contribution in [-0.4, -0.2) is 62.4 Å². The van der Waals surface area contributed by atoms with Crippen molar-refractivity contribution >= 4 is 10.1 Å². The summed E-state index contributed by atoms with van der Waals surface area (Å²) in [6, 6.07) is 0. The molecule has 1 N–H and O–H groups in total. The number of halogens is 7. The molecule has 0 bridgehead atoms. The SMILES string of the molecule is O=S(=O)(O)CC(F)C(F)C(F)C(F)C(F)C(F)CCCCCF. The predicted molar refractivity (Wildman–Crippen MR) is 70.2 cm³/mol. The van der Waals surface area contributed by atoms with Crippen molar-refractivity contribution in [2.45, 2.75) is 62.7 Å². The molecule has 11 heteroatoms. The van der Waals surface area contributed by atoms with Gasteiger partial charge in [-0.05, 0) is 12.8 Å². The van der Waals surface area contributed by atoms with Crippen molar-refractivity contribution in [3.63, 3.8) is 0 Å². The molecule has 6 unspecified atom stereocenters. The van der Waals surface area contributed by atoms with Gasteiger partial charge in [0.2, 0.25) is 0 Å². The molecule has 6 atom stereocenters. The highest BCUT2D eigenvalue weighted by molar-refractivity contribution is 7.85. The average Bonchev–Trinajstić information content (AvgIpc) is 2.46. The Morgan fingerprint density at radius 1 is 0.739 bits per heavy atom. The predicted octanol–water partition coefficient (Wildman–Crippen LogP) is 3.43. The lowest BCUT2D eigenvalue weighted by atomic mass is 9.99. The van der Waals surface area contributed by atoms with Crippen LogP contribution in [0.15, 0.2) is 0 Å². The van der Waals surface area contributed by atoms with Gasteiger partial charge in [-0.15, -0.1) is 0 Å². The Labute approximate surface area is 130 Å². The highest BCUT2D eigenvalue weighted by atomic mass is 32.2. The van der Waals surface area contributed by atoms with Crippen LogP contribution in [0.4, 0.5) is 30.7 Å². The molecule has 3 nitrogen and oxygen atoms in total. The number of hydrogen-bond acceptors (Lipinski definition) is 2. The molecule has 0 heterocycles. The van der Waals surface area contributed by atoms with E-state index in [0.29, 0.717) is 0 Å². The van der Waals surface area contributed by atoms with E-state index in [1.165, 1.54) is 0 Å². The number of rotatable bonds is 12. The summed E-state index contributed by atoms with van der Waals surface area (Å²) in [6.45, 7) is -0.663. The summed E-state index contributed by atoms with van der Waals surface area (Å²) in [5.41, 5.74) is 0. The molecule has 0 saturated carbocycles. The van der Waals surface area contributed by atoms with Crippen LogP contribution in [0, 0.1) is 0 Å². The van der Waals surface area contributed by atoms with Crippen LogP contribution < -0.4 is 0 Å². The second-order valence-electron chi connectivity index (χ2n) is 5.10. The number of hydrogen-bond donors (Lipinski definition) is 1. The maximum absolute atomic E-state index is 13.4. The topological polar surface area (TPSA) is 54.4 Å². The molecule has 0 amide bonds. The van der Waals surface area contributed by atoms with E-state index in [9.17, 15) is 39.2 Å². The van der Waals surface area contributed by atoms with Crippen molar-refractivity contribution in [2.75, 3.05) is 12.4 Å². The summed E-state index contributed by atoms with van der Waals surface area (Å²) < 4.78 is 121. The molecule has 0 rings (SSSR count). The molecule has 0 spiro atoms. The average molecular weight is 376 g/mol. The van der Waals surface area contributed by atoms with Gasteiger partial charge in [-0.25, -0.2) is 26.3 Å². The van der Waals surface area contributed by atoms with Gasteiger partial charge in [0, 0.05) is 0 Å². The minimum Gasteiger partial charge on any atom is -0.285 e. The fourth-order valence-corrected chi connectivity index (χ4v) is 2.40. The summed E-state index contributed by atoms with van der Waals surface area (Å²) >= 11 is 0. The van der Waals surface area contributed by atoms with E-state index in [-0.39, 0.29) is 19.3 Å². The lowest BCUT2D eigenvalue weighted by Gasteiger charge is -2.23. The van der Waals surface area contributed by atoms with Crippen molar-refractivity contribution in [3.8, 4) is 0 Å². The molecule has 0 aliphatic rings. The van der Waals surface area contributed by atoms with Gasteiger partial charge in [0.15, 0.2) is 30.9 Å². The standard InChI is InChI=1S/C12H19F7O3S/c13-5-3-1-2-4-7(14)9(16)11(18)12(19)10(17)8(15)6-23(20,21)22/h7-12H,1-6H2,(H,20,21,22). The largest absolute Gasteiger partial charge is 0.285 e. The zero-order chi connectivity index (χ0) is 18.2. The first-order valence-electron chi connectivity index (χ1n) is 6.86. The fraction of sp³-hybridized carbons (Fsp3) is 1.00. The highest BCUT2D eigenvalue weighted by Crippen LogP contribution is 2.26. The van der Waals surface area contributed by atoms with Gasteiger partial charge >= 0.3 is 0 Å². The quantitative estimate of drug-likeness (QED) is 0.323. The molecule has 140 valence electrons. The molecular weight excluding hydrogens is 357 g/mol. The van der Waals surface area contributed by atoms with E-state index >= 15 is 0 Å². The van der Waals surface area contributed by atoms with E-state index < -0.39 is 66.0 Å². The maximum atomic E-state index is 13.4. The number of unbranched alkanes of at least 4 members (excludes halogenated alkanes) is 2. The Morgan fingerprint density at radius 2 is 1.22 bits per heavy atom. The Bertz CT molecular complexity index is 423. The molecule has 0 aromatic heterocycles. The minimum atomic E-state index is -4.98. The van der Waals surface area contributed by atoms with Gasteiger partial charge in [0.1, 0.15) is 11.9 Å². The molecule has 0 aromatic rings. The van der Waals surface area contributed by atoms with Crippen LogP contribution in [0.2, 0.25) is 0 Å². The lowest BCUT2D eigenvalue weighted by molar-refractivity contribution is -0.0183. The zero-order valence-electron chi connectivity index (χ0n) is 12.0. The lowest BCUT2D eigenvalue weighted by Crippen LogP contribution is -2.44. The third kappa shape index (κ3) is 8.73. The van der Waals surface area contributed by atoms with E-state index in [0.717, 1.165) is 0 Å². The summed E-state index contributed by atoms with van der Waals surface area (Å²) in [5, 5.41) is 0. The molecule has 0 aliphatic carbocycles. The third-order valence-corrected chi connectivity index (χ3v) is 3.83. The normalized spacial score (nSPS) is 20.5. The first-order chi connectivity index (χ1) is 10.5. The van der Waals surface area contributed by atoms with E-state index in [4.69, 9.17) is 4.55 Å². The van der Waals surface area contributed by atoms with Crippen molar-refractivity contribution in [3.05, 3.63) is 0 Å². The summed E-state index contributed by atoms with van der Waals surface area (Å²) in [6.07, 6.45) is -19.1. The van der Waals surface area contributed by atoms with Gasteiger partial charge in [-0.2, -0.15) is 8.42 Å². The van der Waals surface area contributed by atoms with Gasteiger partial charge in [0.25, 0.3) is 10.1 Å². The molecular formula is C12H19F7O3S. The highest BCUT2D eigenvalue weighted by Gasteiger charge is 2.44. The Kier molecular flexibility index (Phi) is 10.1.